The molecule has 0 spiro atoms. The third kappa shape index (κ3) is 5.77. The first-order valence-electron chi connectivity index (χ1n) is 11.8. The molecule has 0 heterocycles. The topological polar surface area (TPSA) is 73.0 Å². The van der Waals surface area contributed by atoms with Gasteiger partial charge in [-0.15, -0.1) is 0 Å². The van der Waals surface area contributed by atoms with E-state index in [1.54, 1.807) is 6.07 Å². The number of aliphatic carboxylic acids is 1. The first-order chi connectivity index (χ1) is 18.5. The van der Waals surface area contributed by atoms with E-state index in [0.29, 0.717) is 24.1 Å². The lowest BCUT2D eigenvalue weighted by Gasteiger charge is -2.25. The monoisotopic (exact) mass is 494 g/mol. The highest BCUT2D eigenvalue weighted by Gasteiger charge is 2.14. The number of hydrogen-bond donors (Lipinski definition) is 1. The van der Waals surface area contributed by atoms with Crippen LogP contribution in [0.1, 0.15) is 22.3 Å². The molecule has 0 aromatic heterocycles. The molecule has 0 saturated carbocycles. The van der Waals surface area contributed by atoms with E-state index in [1.807, 2.05) is 36.4 Å². The molecule has 6 nitrogen and oxygen atoms in total. The zero-order chi connectivity index (χ0) is 26.9. The van der Waals surface area contributed by atoms with Gasteiger partial charge in [0, 0.05) is 17.1 Å². The third-order valence-electron chi connectivity index (χ3n) is 6.03. The van der Waals surface area contributed by atoms with Gasteiger partial charge < -0.3 is 10.0 Å². The van der Waals surface area contributed by atoms with Crippen LogP contribution in [0.5, 0.6) is 0 Å². The lowest BCUT2D eigenvalue weighted by molar-refractivity contribution is -0.132. The van der Waals surface area contributed by atoms with Crippen LogP contribution in [0.25, 0.3) is 15.8 Å². The van der Waals surface area contributed by atoms with E-state index >= 15 is 0 Å². The van der Waals surface area contributed by atoms with Gasteiger partial charge in [0.2, 0.25) is 0 Å². The highest BCUT2D eigenvalue weighted by Crippen LogP contribution is 2.34. The van der Waals surface area contributed by atoms with Gasteiger partial charge in [0.1, 0.15) is 0 Å². The average Bonchev–Trinajstić information content (AvgIpc) is 2.96. The highest BCUT2D eigenvalue weighted by atomic mass is 16.4. The molecule has 4 aromatic carbocycles. The van der Waals surface area contributed by atoms with Gasteiger partial charge in [0.05, 0.1) is 24.8 Å². The molecule has 0 bridgehead atoms. The largest absolute Gasteiger partial charge is 0.486 e. The van der Waals surface area contributed by atoms with E-state index in [4.69, 9.17) is 18.3 Å². The lowest BCUT2D eigenvalue weighted by atomic mass is 9.97. The molecule has 6 heteroatoms. The molecule has 0 fully saturated rings. The van der Waals surface area contributed by atoms with Gasteiger partial charge in [0.15, 0.2) is 5.69 Å². The molecule has 1 N–H and O–H groups in total. The number of carbonyl (C=O) groups is 1. The molecule has 0 unspecified atom stereocenters. The molecule has 0 saturated heterocycles. The fourth-order valence-electron chi connectivity index (χ4n) is 4.15. The van der Waals surface area contributed by atoms with Gasteiger partial charge in [-0.25, -0.2) is 9.69 Å². The van der Waals surface area contributed by atoms with Gasteiger partial charge in [-0.2, -0.15) is 5.26 Å². The second-order valence-corrected chi connectivity index (χ2v) is 8.41. The fraction of sp³-hybridized carbons (Fsp3) is 0.0625. The minimum Gasteiger partial charge on any atom is -0.486 e. The number of aryl methyl sites for hydroxylation is 2. The van der Waals surface area contributed by atoms with Crippen LogP contribution in [0.2, 0.25) is 0 Å². The van der Waals surface area contributed by atoms with Gasteiger partial charge in [-0.3, -0.25) is 4.79 Å². The number of carboxylic acid groups (broad SMARTS) is 1. The van der Waals surface area contributed by atoms with Crippen LogP contribution in [0, 0.1) is 24.5 Å². The molecule has 0 aliphatic rings. The Bertz CT molecular complexity index is 1570. The molecule has 0 aliphatic carbocycles. The Morgan fingerprint density at radius 1 is 0.868 bits per heavy atom. The minimum absolute atomic E-state index is 0.228. The Kier molecular flexibility index (Phi) is 7.95. The Morgan fingerprint density at radius 2 is 1.45 bits per heavy atom. The van der Waals surface area contributed by atoms with Crippen molar-refractivity contribution in [1.82, 2.24) is 0 Å². The zero-order valence-corrected chi connectivity index (χ0v) is 20.4. The summed E-state index contributed by atoms with van der Waals surface area (Å²) in [5, 5.41) is 18.7. The van der Waals surface area contributed by atoms with Crippen LogP contribution in [-0.2, 0) is 17.6 Å². The SMILES string of the molecule is [C-]#[N+]/C(=C\c1cc([N+]#[C-])c(CCc2ccc(N(c3ccccc3)c3ccccc3)cc2)cc1C#N)C(=O)O. The van der Waals surface area contributed by atoms with E-state index < -0.39 is 11.7 Å². The molecule has 4 rings (SSSR count). The zero-order valence-electron chi connectivity index (χ0n) is 20.4. The normalized spacial score (nSPS) is 10.6. The number of hydrogen-bond acceptors (Lipinski definition) is 3. The summed E-state index contributed by atoms with van der Waals surface area (Å²) in [6, 6.07) is 33.7. The molecule has 4 aromatic rings. The van der Waals surface area contributed by atoms with Crippen molar-refractivity contribution in [2.45, 2.75) is 12.8 Å². The molecule has 0 radical (unpaired) electrons. The maximum Gasteiger partial charge on any atom is 0.333 e. The number of nitrogens with zero attached hydrogens (tertiary/aromatic N) is 4. The summed E-state index contributed by atoms with van der Waals surface area (Å²) in [6.07, 6.45) is 2.32. The maximum absolute atomic E-state index is 11.2. The van der Waals surface area contributed by atoms with Crippen molar-refractivity contribution in [3.63, 3.8) is 0 Å². The Labute approximate surface area is 221 Å². The first-order valence-corrected chi connectivity index (χ1v) is 11.8. The Balaban J connectivity index is 1.58. The van der Waals surface area contributed by atoms with E-state index in [1.165, 1.54) is 6.07 Å². The standard InChI is InChI=1S/C32H22N4O2/c1-34-30-20-25(21-31(35-2)32(37)38)26(22-33)19-24(30)16-13-23-14-17-29(18-15-23)36(27-9-5-3-6-10-27)28-11-7-4-8-12-28/h3-12,14-15,17-21H,13,16H2,(H,37,38)/b31-21-. The fourth-order valence-corrected chi connectivity index (χ4v) is 4.15. The van der Waals surface area contributed by atoms with Crippen molar-refractivity contribution in [1.29, 1.82) is 5.26 Å². The predicted octanol–water partition coefficient (Wildman–Crippen LogP) is 7.71. The number of rotatable bonds is 8. The molecular formula is C32H22N4O2. The lowest BCUT2D eigenvalue weighted by Crippen LogP contribution is -2.09. The molecule has 0 aliphatic heterocycles. The third-order valence-corrected chi connectivity index (χ3v) is 6.03. The molecule has 182 valence electrons. The summed E-state index contributed by atoms with van der Waals surface area (Å²) in [5.74, 6) is -1.38. The number of anilines is 3. The van der Waals surface area contributed by atoms with Crippen LogP contribution < -0.4 is 4.90 Å². The summed E-state index contributed by atoms with van der Waals surface area (Å²) < 4.78 is 0. The van der Waals surface area contributed by atoms with Gasteiger partial charge in [-0.05, 0) is 78.1 Å². The Hall–Kier alpha value is -5.64. The van der Waals surface area contributed by atoms with Crippen molar-refractivity contribution in [2.75, 3.05) is 4.90 Å². The van der Waals surface area contributed by atoms with Gasteiger partial charge >= 0.3 is 5.97 Å². The molecular weight excluding hydrogens is 472 g/mol. The number of nitriles is 1. The minimum atomic E-state index is -1.38. The summed E-state index contributed by atoms with van der Waals surface area (Å²) >= 11 is 0. The first kappa shape index (κ1) is 25.5. The number of benzene rings is 4. The quantitative estimate of drug-likeness (QED) is 0.201. The van der Waals surface area contributed by atoms with Crippen LogP contribution in [0.3, 0.4) is 0 Å². The van der Waals surface area contributed by atoms with Crippen LogP contribution >= 0.6 is 0 Å². The summed E-state index contributed by atoms with van der Waals surface area (Å²) in [6.45, 7) is 14.6. The average molecular weight is 495 g/mol. The summed E-state index contributed by atoms with van der Waals surface area (Å²) in [7, 11) is 0. The number of para-hydroxylation sites is 2. The number of carboxylic acids is 1. The maximum atomic E-state index is 11.2. The van der Waals surface area contributed by atoms with Crippen LogP contribution in [-0.4, -0.2) is 11.1 Å². The van der Waals surface area contributed by atoms with E-state index in [9.17, 15) is 10.1 Å². The van der Waals surface area contributed by atoms with Gasteiger partial charge in [-0.1, -0.05) is 54.6 Å². The molecule has 0 amide bonds. The predicted molar refractivity (Wildman–Crippen MR) is 148 cm³/mol. The van der Waals surface area contributed by atoms with E-state index in [-0.39, 0.29) is 11.1 Å². The smallest absolute Gasteiger partial charge is 0.333 e. The second kappa shape index (κ2) is 11.9. The van der Waals surface area contributed by atoms with Crippen molar-refractivity contribution in [3.8, 4) is 6.07 Å². The summed E-state index contributed by atoms with van der Waals surface area (Å²) in [5.41, 5.74) is 5.21. The van der Waals surface area contributed by atoms with Gasteiger partial charge in [0.25, 0.3) is 5.70 Å². The second-order valence-electron chi connectivity index (χ2n) is 8.41. The highest BCUT2D eigenvalue weighted by molar-refractivity contribution is 5.94. The van der Waals surface area contributed by atoms with Crippen molar-refractivity contribution in [3.05, 3.63) is 148 Å². The van der Waals surface area contributed by atoms with E-state index in [0.717, 1.165) is 28.7 Å². The molecule has 0 atom stereocenters. The summed E-state index contributed by atoms with van der Waals surface area (Å²) in [4.78, 5) is 20.0. The molecule has 38 heavy (non-hydrogen) atoms. The van der Waals surface area contributed by atoms with Crippen molar-refractivity contribution in [2.24, 2.45) is 0 Å². The Morgan fingerprint density at radius 3 is 1.95 bits per heavy atom. The van der Waals surface area contributed by atoms with Crippen molar-refractivity contribution < 1.29 is 9.90 Å². The van der Waals surface area contributed by atoms with Crippen molar-refractivity contribution >= 4 is 34.8 Å². The van der Waals surface area contributed by atoms with Crippen LogP contribution in [0.4, 0.5) is 22.7 Å². The van der Waals surface area contributed by atoms with Crippen LogP contribution in [0.15, 0.2) is 103 Å². The van der Waals surface area contributed by atoms with E-state index in [2.05, 4.69) is 69.2 Å².